The standard InChI is InChI=1S/C11H16O4S2/c1-6(2)9(12)14-8(5)11(16,17)15-10(13)7(3)4/h8,16-17H,1,3H2,2,4-5H3. The summed E-state index contributed by atoms with van der Waals surface area (Å²) in [5.41, 5.74) is 0.441. The highest BCUT2D eigenvalue weighted by Crippen LogP contribution is 2.29. The second-order valence-electron chi connectivity index (χ2n) is 3.66. The molecular formula is C11H16O4S2. The molecule has 0 fully saturated rings. The minimum atomic E-state index is -1.53. The molecule has 0 rings (SSSR count). The van der Waals surface area contributed by atoms with Gasteiger partial charge in [0, 0.05) is 11.1 Å². The quantitative estimate of drug-likeness (QED) is 0.349. The van der Waals surface area contributed by atoms with E-state index in [1.807, 2.05) is 0 Å². The molecule has 0 aromatic heterocycles. The third-order valence-corrected chi connectivity index (χ3v) is 2.66. The molecule has 1 atom stereocenters. The van der Waals surface area contributed by atoms with Crippen LogP contribution in [0.5, 0.6) is 0 Å². The second kappa shape index (κ2) is 6.16. The van der Waals surface area contributed by atoms with Crippen LogP contribution in [-0.2, 0) is 19.1 Å². The third kappa shape index (κ3) is 5.32. The van der Waals surface area contributed by atoms with Crippen molar-refractivity contribution in [3.63, 3.8) is 0 Å². The Hall–Kier alpha value is -0.880. The maximum atomic E-state index is 11.3. The number of thiol groups is 2. The van der Waals surface area contributed by atoms with Crippen molar-refractivity contribution in [1.29, 1.82) is 0 Å². The van der Waals surface area contributed by atoms with E-state index in [1.54, 1.807) is 0 Å². The minimum absolute atomic E-state index is 0.205. The SMILES string of the molecule is C=C(C)C(=O)OC(C)C(S)(S)OC(=O)C(=C)C. The molecule has 0 spiro atoms. The fraction of sp³-hybridized carbons (Fsp3) is 0.455. The van der Waals surface area contributed by atoms with E-state index in [-0.39, 0.29) is 11.1 Å². The molecular weight excluding hydrogens is 260 g/mol. The predicted octanol–water partition coefficient (Wildman–Crippen LogP) is 2.13. The van der Waals surface area contributed by atoms with Gasteiger partial charge >= 0.3 is 11.9 Å². The fourth-order valence-corrected chi connectivity index (χ4v) is 0.916. The van der Waals surface area contributed by atoms with Crippen molar-refractivity contribution < 1.29 is 19.1 Å². The monoisotopic (exact) mass is 276 g/mol. The summed E-state index contributed by atoms with van der Waals surface area (Å²) in [4.78, 5) is 22.6. The number of hydrogen-bond acceptors (Lipinski definition) is 6. The van der Waals surface area contributed by atoms with Crippen molar-refractivity contribution in [3.8, 4) is 0 Å². The average molecular weight is 276 g/mol. The number of carbonyl (C=O) groups is 2. The van der Waals surface area contributed by atoms with Crippen LogP contribution in [0.1, 0.15) is 20.8 Å². The fourth-order valence-electron chi connectivity index (χ4n) is 0.644. The van der Waals surface area contributed by atoms with Gasteiger partial charge in [0.2, 0.25) is 4.27 Å². The van der Waals surface area contributed by atoms with Crippen molar-refractivity contribution >= 4 is 37.2 Å². The average Bonchev–Trinajstić information content (AvgIpc) is 2.16. The molecule has 0 aromatic rings. The van der Waals surface area contributed by atoms with Crippen LogP contribution in [0.2, 0.25) is 0 Å². The van der Waals surface area contributed by atoms with Crippen LogP contribution >= 0.6 is 25.3 Å². The lowest BCUT2D eigenvalue weighted by atomic mass is 10.3. The lowest BCUT2D eigenvalue weighted by molar-refractivity contribution is -0.157. The predicted molar refractivity (Wildman–Crippen MR) is 72.0 cm³/mol. The first-order valence-electron chi connectivity index (χ1n) is 4.78. The third-order valence-electron chi connectivity index (χ3n) is 1.75. The summed E-state index contributed by atoms with van der Waals surface area (Å²) in [7, 11) is 0. The second-order valence-corrected chi connectivity index (χ2v) is 5.34. The molecule has 0 aliphatic rings. The van der Waals surface area contributed by atoms with Crippen LogP contribution in [0.3, 0.4) is 0 Å². The van der Waals surface area contributed by atoms with E-state index in [2.05, 4.69) is 38.4 Å². The highest BCUT2D eigenvalue weighted by Gasteiger charge is 2.35. The molecule has 0 bridgehead atoms. The zero-order valence-electron chi connectivity index (χ0n) is 10.0. The molecule has 4 nitrogen and oxygen atoms in total. The van der Waals surface area contributed by atoms with Gasteiger partial charge in [-0.3, -0.25) is 0 Å². The van der Waals surface area contributed by atoms with Gasteiger partial charge < -0.3 is 9.47 Å². The molecule has 0 saturated heterocycles. The van der Waals surface area contributed by atoms with Crippen LogP contribution in [0.25, 0.3) is 0 Å². The van der Waals surface area contributed by atoms with Crippen LogP contribution in [-0.4, -0.2) is 22.3 Å². The van der Waals surface area contributed by atoms with Gasteiger partial charge in [-0.15, -0.1) is 25.3 Å². The summed E-state index contributed by atoms with van der Waals surface area (Å²) >= 11 is 8.06. The minimum Gasteiger partial charge on any atom is -0.453 e. The Kier molecular flexibility index (Phi) is 5.84. The number of esters is 2. The van der Waals surface area contributed by atoms with E-state index in [9.17, 15) is 9.59 Å². The zero-order chi connectivity index (χ0) is 13.8. The Morgan fingerprint density at radius 2 is 1.53 bits per heavy atom. The first kappa shape index (κ1) is 16.1. The van der Waals surface area contributed by atoms with Crippen LogP contribution < -0.4 is 0 Å². The molecule has 0 aliphatic heterocycles. The Balaban J connectivity index is 4.60. The lowest BCUT2D eigenvalue weighted by Crippen LogP contribution is -2.38. The van der Waals surface area contributed by atoms with Crippen molar-refractivity contribution in [1.82, 2.24) is 0 Å². The smallest absolute Gasteiger partial charge is 0.335 e. The van der Waals surface area contributed by atoms with E-state index in [4.69, 9.17) is 9.47 Å². The number of hydrogen-bond donors (Lipinski definition) is 2. The molecule has 17 heavy (non-hydrogen) atoms. The van der Waals surface area contributed by atoms with Gasteiger partial charge in [0.05, 0.1) is 0 Å². The Morgan fingerprint density at radius 3 is 1.88 bits per heavy atom. The van der Waals surface area contributed by atoms with Crippen LogP contribution in [0.4, 0.5) is 0 Å². The van der Waals surface area contributed by atoms with Crippen molar-refractivity contribution in [3.05, 3.63) is 24.3 Å². The zero-order valence-corrected chi connectivity index (χ0v) is 11.8. The molecule has 0 heterocycles. The summed E-state index contributed by atoms with van der Waals surface area (Å²) in [5.74, 6) is -1.26. The van der Waals surface area contributed by atoms with E-state index in [1.165, 1.54) is 20.8 Å². The van der Waals surface area contributed by atoms with E-state index in [0.717, 1.165) is 0 Å². The van der Waals surface area contributed by atoms with Crippen LogP contribution in [0, 0.1) is 0 Å². The Morgan fingerprint density at radius 1 is 1.12 bits per heavy atom. The molecule has 96 valence electrons. The van der Waals surface area contributed by atoms with E-state index in [0.29, 0.717) is 0 Å². The highest BCUT2D eigenvalue weighted by atomic mass is 32.2. The Labute approximate surface area is 112 Å². The van der Waals surface area contributed by atoms with Gasteiger partial charge in [-0.2, -0.15) is 0 Å². The van der Waals surface area contributed by atoms with Gasteiger partial charge in [-0.1, -0.05) is 13.2 Å². The van der Waals surface area contributed by atoms with Crippen molar-refractivity contribution in [2.75, 3.05) is 0 Å². The van der Waals surface area contributed by atoms with Gasteiger partial charge in [-0.05, 0) is 20.8 Å². The normalized spacial score (nSPS) is 12.5. The van der Waals surface area contributed by atoms with Gasteiger partial charge in [0.15, 0.2) is 6.10 Å². The summed E-state index contributed by atoms with van der Waals surface area (Å²) in [5, 5.41) is 0. The molecule has 0 aromatic carbocycles. The molecule has 0 amide bonds. The summed E-state index contributed by atoms with van der Waals surface area (Å²) in [6.07, 6.45) is -0.846. The van der Waals surface area contributed by atoms with Crippen molar-refractivity contribution in [2.24, 2.45) is 0 Å². The summed E-state index contributed by atoms with van der Waals surface area (Å²) in [6.45, 7) is 11.4. The van der Waals surface area contributed by atoms with E-state index >= 15 is 0 Å². The maximum absolute atomic E-state index is 11.3. The largest absolute Gasteiger partial charge is 0.453 e. The first-order chi connectivity index (χ1) is 7.58. The maximum Gasteiger partial charge on any atom is 0.335 e. The topological polar surface area (TPSA) is 52.6 Å². The molecule has 0 aliphatic carbocycles. The first-order valence-corrected chi connectivity index (χ1v) is 5.67. The molecule has 0 N–H and O–H groups in total. The van der Waals surface area contributed by atoms with Crippen LogP contribution in [0.15, 0.2) is 24.3 Å². The molecule has 1 unspecified atom stereocenters. The number of rotatable bonds is 5. The molecule has 6 heteroatoms. The lowest BCUT2D eigenvalue weighted by Gasteiger charge is -2.29. The summed E-state index contributed by atoms with van der Waals surface area (Å²) < 4.78 is 8.36. The van der Waals surface area contributed by atoms with Gasteiger partial charge in [0.1, 0.15) is 0 Å². The molecule has 0 radical (unpaired) electrons. The van der Waals surface area contributed by atoms with E-state index < -0.39 is 22.3 Å². The van der Waals surface area contributed by atoms with Crippen molar-refractivity contribution in [2.45, 2.75) is 31.1 Å². The van der Waals surface area contributed by atoms with Gasteiger partial charge in [-0.25, -0.2) is 9.59 Å². The number of ether oxygens (including phenoxy) is 2. The molecule has 0 saturated carbocycles. The Bertz CT molecular complexity index is 360. The highest BCUT2D eigenvalue weighted by molar-refractivity contribution is 8.00. The summed E-state index contributed by atoms with van der Waals surface area (Å²) in [6, 6.07) is 0. The van der Waals surface area contributed by atoms with Gasteiger partial charge in [0.25, 0.3) is 0 Å². The number of carbonyl (C=O) groups excluding carboxylic acids is 2.